The van der Waals surface area contributed by atoms with Gasteiger partial charge in [0, 0.05) is 11.1 Å². The summed E-state index contributed by atoms with van der Waals surface area (Å²) in [4.78, 5) is 0. The molecule has 82 valence electrons. The maximum absolute atomic E-state index is 13.6. The molecular weight excluding hydrogens is 213 g/mol. The quantitative estimate of drug-likeness (QED) is 0.781. The van der Waals surface area contributed by atoms with Gasteiger partial charge in [-0.3, -0.25) is 0 Å². The minimum absolute atomic E-state index is 0.139. The largest absolute Gasteiger partial charge is 0.328 e. The van der Waals surface area contributed by atoms with Crippen molar-refractivity contribution in [3.8, 4) is 0 Å². The van der Waals surface area contributed by atoms with Crippen LogP contribution in [-0.4, -0.2) is 6.04 Å². The van der Waals surface area contributed by atoms with Crippen molar-refractivity contribution in [2.75, 3.05) is 0 Å². The van der Waals surface area contributed by atoms with E-state index in [4.69, 9.17) is 17.3 Å². The summed E-state index contributed by atoms with van der Waals surface area (Å²) < 4.78 is 13.6. The zero-order valence-electron chi connectivity index (χ0n) is 8.55. The van der Waals surface area contributed by atoms with E-state index in [0.717, 1.165) is 31.2 Å². The van der Waals surface area contributed by atoms with Crippen LogP contribution in [0.3, 0.4) is 0 Å². The highest BCUT2D eigenvalue weighted by atomic mass is 35.5. The van der Waals surface area contributed by atoms with Crippen molar-refractivity contribution in [2.24, 2.45) is 5.73 Å². The van der Waals surface area contributed by atoms with Crippen molar-refractivity contribution in [1.82, 2.24) is 0 Å². The summed E-state index contributed by atoms with van der Waals surface area (Å²) in [6.45, 7) is 0. The van der Waals surface area contributed by atoms with Crippen LogP contribution in [0.1, 0.15) is 37.2 Å². The highest BCUT2D eigenvalue weighted by Gasteiger charge is 2.22. The smallest absolute Gasteiger partial charge is 0.126 e. The molecule has 0 amide bonds. The molecule has 1 nitrogen and oxygen atoms in total. The first kappa shape index (κ1) is 10.9. The van der Waals surface area contributed by atoms with Gasteiger partial charge in [-0.2, -0.15) is 0 Å². The first-order chi connectivity index (χ1) is 7.16. The average Bonchev–Trinajstić information content (AvgIpc) is 2.23. The van der Waals surface area contributed by atoms with Gasteiger partial charge in [0.15, 0.2) is 0 Å². The van der Waals surface area contributed by atoms with Gasteiger partial charge in [-0.1, -0.05) is 11.6 Å². The van der Waals surface area contributed by atoms with Crippen LogP contribution < -0.4 is 5.73 Å². The van der Waals surface area contributed by atoms with Crippen LogP contribution in [0, 0.1) is 5.82 Å². The van der Waals surface area contributed by atoms with Gasteiger partial charge in [0.2, 0.25) is 0 Å². The van der Waals surface area contributed by atoms with Crippen molar-refractivity contribution >= 4 is 11.6 Å². The maximum atomic E-state index is 13.6. The number of benzene rings is 1. The Labute approximate surface area is 94.4 Å². The van der Waals surface area contributed by atoms with E-state index in [0.29, 0.717) is 17.0 Å². The molecule has 15 heavy (non-hydrogen) atoms. The van der Waals surface area contributed by atoms with Crippen molar-refractivity contribution in [2.45, 2.75) is 37.6 Å². The molecule has 0 aromatic heterocycles. The molecule has 0 atom stereocenters. The number of hydrogen-bond donors (Lipinski definition) is 1. The Bertz CT molecular complexity index is 345. The van der Waals surface area contributed by atoms with Crippen LogP contribution in [0.4, 0.5) is 4.39 Å². The van der Waals surface area contributed by atoms with Crippen LogP contribution in [0.5, 0.6) is 0 Å². The molecule has 1 aromatic carbocycles. The van der Waals surface area contributed by atoms with Gasteiger partial charge in [-0.05, 0) is 55.4 Å². The molecule has 1 fully saturated rings. The van der Waals surface area contributed by atoms with Crippen LogP contribution in [0.25, 0.3) is 0 Å². The molecule has 2 N–H and O–H groups in total. The number of rotatable bonds is 1. The van der Waals surface area contributed by atoms with Crippen LogP contribution >= 0.6 is 11.6 Å². The molecule has 1 saturated carbocycles. The standard InChI is InChI=1S/C12H15ClFN/c13-9-3-6-12(14)11(7-9)8-1-4-10(15)5-2-8/h3,6-8,10H,1-2,4-5,15H2. The molecule has 0 saturated heterocycles. The number of nitrogens with two attached hydrogens (primary N) is 1. The van der Waals surface area contributed by atoms with E-state index in [1.54, 1.807) is 12.1 Å². The molecule has 0 bridgehead atoms. The highest BCUT2D eigenvalue weighted by molar-refractivity contribution is 6.30. The molecule has 1 aliphatic carbocycles. The monoisotopic (exact) mass is 227 g/mol. The Kier molecular flexibility index (Phi) is 3.27. The highest BCUT2D eigenvalue weighted by Crippen LogP contribution is 2.34. The maximum Gasteiger partial charge on any atom is 0.126 e. The van der Waals surface area contributed by atoms with E-state index in [2.05, 4.69) is 0 Å². The van der Waals surface area contributed by atoms with E-state index in [-0.39, 0.29) is 5.82 Å². The number of halogens is 2. The lowest BCUT2D eigenvalue weighted by atomic mass is 9.82. The lowest BCUT2D eigenvalue weighted by molar-refractivity contribution is 0.387. The Morgan fingerprint density at radius 2 is 1.87 bits per heavy atom. The molecule has 0 unspecified atom stereocenters. The molecule has 0 spiro atoms. The van der Waals surface area contributed by atoms with Gasteiger partial charge in [0.1, 0.15) is 5.82 Å². The van der Waals surface area contributed by atoms with Gasteiger partial charge in [-0.15, -0.1) is 0 Å². The third kappa shape index (κ3) is 2.50. The van der Waals surface area contributed by atoms with Crippen LogP contribution in [-0.2, 0) is 0 Å². The number of hydrogen-bond acceptors (Lipinski definition) is 1. The van der Waals surface area contributed by atoms with Gasteiger partial charge < -0.3 is 5.73 Å². The lowest BCUT2D eigenvalue weighted by Gasteiger charge is -2.26. The molecule has 3 heteroatoms. The minimum atomic E-state index is -0.139. The minimum Gasteiger partial charge on any atom is -0.328 e. The van der Waals surface area contributed by atoms with E-state index in [1.165, 1.54) is 6.07 Å². The van der Waals surface area contributed by atoms with Gasteiger partial charge in [0.25, 0.3) is 0 Å². The summed E-state index contributed by atoms with van der Waals surface area (Å²) in [5.74, 6) is 0.156. The molecule has 0 radical (unpaired) electrons. The summed E-state index contributed by atoms with van der Waals surface area (Å²) in [6, 6.07) is 5.09. The second kappa shape index (κ2) is 4.50. The molecule has 0 aliphatic heterocycles. The second-order valence-corrected chi connectivity index (χ2v) is 4.71. The SMILES string of the molecule is NC1CCC(c2cc(Cl)ccc2F)CC1. The van der Waals surface area contributed by atoms with E-state index >= 15 is 0 Å². The van der Waals surface area contributed by atoms with Gasteiger partial charge in [0.05, 0.1) is 0 Å². The summed E-state index contributed by atoms with van der Waals surface area (Å²) in [5.41, 5.74) is 6.58. The molecular formula is C12H15ClFN. The fraction of sp³-hybridized carbons (Fsp3) is 0.500. The zero-order valence-corrected chi connectivity index (χ0v) is 9.30. The first-order valence-electron chi connectivity index (χ1n) is 5.37. The summed E-state index contributed by atoms with van der Waals surface area (Å²) >= 11 is 5.87. The Morgan fingerprint density at radius 3 is 2.53 bits per heavy atom. The lowest BCUT2D eigenvalue weighted by Crippen LogP contribution is -2.26. The molecule has 1 aromatic rings. The molecule has 2 rings (SSSR count). The van der Waals surface area contributed by atoms with Crippen molar-refractivity contribution < 1.29 is 4.39 Å². The predicted molar refractivity (Wildman–Crippen MR) is 60.6 cm³/mol. The van der Waals surface area contributed by atoms with E-state index in [1.807, 2.05) is 0 Å². The molecule has 0 heterocycles. The third-order valence-corrected chi connectivity index (χ3v) is 3.40. The third-order valence-electron chi connectivity index (χ3n) is 3.17. The van der Waals surface area contributed by atoms with E-state index in [9.17, 15) is 4.39 Å². The van der Waals surface area contributed by atoms with Crippen molar-refractivity contribution in [3.63, 3.8) is 0 Å². The molecule has 1 aliphatic rings. The summed E-state index contributed by atoms with van der Waals surface area (Å²) in [6.07, 6.45) is 3.91. The zero-order chi connectivity index (χ0) is 10.8. The fourth-order valence-corrected chi connectivity index (χ4v) is 2.44. The van der Waals surface area contributed by atoms with Crippen molar-refractivity contribution in [1.29, 1.82) is 0 Å². The second-order valence-electron chi connectivity index (χ2n) is 4.28. The predicted octanol–water partition coefficient (Wildman–Crippen LogP) is 3.46. The summed E-state index contributed by atoms with van der Waals surface area (Å²) in [7, 11) is 0. The Morgan fingerprint density at radius 1 is 1.20 bits per heavy atom. The van der Waals surface area contributed by atoms with Gasteiger partial charge in [-0.25, -0.2) is 4.39 Å². The normalized spacial score (nSPS) is 26.6. The van der Waals surface area contributed by atoms with Crippen LogP contribution in [0.15, 0.2) is 18.2 Å². The summed E-state index contributed by atoms with van der Waals surface area (Å²) in [5, 5.41) is 0.612. The fourth-order valence-electron chi connectivity index (χ4n) is 2.26. The van der Waals surface area contributed by atoms with Crippen molar-refractivity contribution in [3.05, 3.63) is 34.6 Å². The first-order valence-corrected chi connectivity index (χ1v) is 5.75. The topological polar surface area (TPSA) is 26.0 Å². The van der Waals surface area contributed by atoms with Crippen LogP contribution in [0.2, 0.25) is 5.02 Å². The van der Waals surface area contributed by atoms with Gasteiger partial charge >= 0.3 is 0 Å². The Balaban J connectivity index is 2.18. The Hall–Kier alpha value is -0.600. The van der Waals surface area contributed by atoms with E-state index < -0.39 is 0 Å². The average molecular weight is 228 g/mol.